The quantitative estimate of drug-likeness (QED) is 0.0667. The molecule has 0 amide bonds. The number of nitrogens with one attached hydrogen (secondary N) is 2. The van der Waals surface area contributed by atoms with E-state index in [1.165, 1.54) is 71.3 Å². The lowest BCUT2D eigenvalue weighted by Crippen LogP contribution is -1.99. The zero-order chi connectivity index (χ0) is 51.9. The maximum atomic E-state index is 6.06. The summed E-state index contributed by atoms with van der Waals surface area (Å²) in [6, 6.07) is 29.2. The van der Waals surface area contributed by atoms with Crippen LogP contribution in [0.1, 0.15) is 0 Å². The molecule has 0 fully saturated rings. The van der Waals surface area contributed by atoms with Gasteiger partial charge < -0.3 is 55.8 Å². The summed E-state index contributed by atoms with van der Waals surface area (Å²) < 4.78 is 0. The molecule has 8 bridgehead atoms. The normalized spacial score (nSPS) is 11.8. The fourth-order valence-corrected chi connectivity index (χ4v) is 11.7. The summed E-state index contributed by atoms with van der Waals surface area (Å²) in [4.78, 5) is 76.5. The number of fused-ring (bicyclic) bond motifs is 20. The van der Waals surface area contributed by atoms with Gasteiger partial charge in [-0.1, -0.05) is 0 Å². The lowest BCUT2D eigenvalue weighted by molar-refractivity contribution is 0.984. The van der Waals surface area contributed by atoms with Crippen molar-refractivity contribution in [1.82, 2.24) is 79.7 Å². The number of aromatic amines is 2. The standard InChI is InChI=1S/C48H34N24S4/c49-29-13-30(50)58-45(57-29)73-17-1-5-21-25(9-17)41-65-37(21)69-42-26-10-18(74-46-59-31(51)14-32(52)60-46)2-6-22(26)39(66-42)71-44-28-12-20(76-48-63-35(55)16-36(56)64-48)4-8-24(28)40(68-44)72-43-27-11-19(3-7-23(27)38(67-43)70-41)75-47-61-33(53)15-34(54)62-47/h1-16H,(H4,49,50,57,58)(H4,51,52,59,60)(H4,53,54,61,62)(H4,55,56,63,64)(H2,65,66,67,68,69,70,71,72). The van der Waals surface area contributed by atoms with Gasteiger partial charge >= 0.3 is 0 Å². The van der Waals surface area contributed by atoms with Crippen LogP contribution in [0.15, 0.2) is 137 Å². The Morgan fingerprint density at radius 3 is 0.829 bits per heavy atom. The molecule has 0 radical (unpaired) electrons. The maximum Gasteiger partial charge on any atom is 0.196 e. The molecule has 2 aliphatic heterocycles. The van der Waals surface area contributed by atoms with E-state index in [1.807, 2.05) is 72.8 Å². The van der Waals surface area contributed by atoms with Gasteiger partial charge in [-0.2, -0.15) is 0 Å². The van der Waals surface area contributed by atoms with Crippen LogP contribution < -0.4 is 45.9 Å². The number of H-pyrrole nitrogens is 2. The summed E-state index contributed by atoms with van der Waals surface area (Å²) >= 11 is 5.15. The molecule has 24 nitrogen and oxygen atoms in total. The van der Waals surface area contributed by atoms with Gasteiger partial charge in [0.05, 0.1) is 0 Å². The third-order valence-corrected chi connectivity index (χ3v) is 15.0. The molecule has 9 heterocycles. The minimum Gasteiger partial charge on any atom is -0.383 e. The number of rotatable bonds is 8. The first-order valence-electron chi connectivity index (χ1n) is 22.5. The van der Waals surface area contributed by atoms with Crippen LogP contribution in [0, 0.1) is 0 Å². The second-order valence-corrected chi connectivity index (χ2v) is 21.0. The molecule has 7 aromatic heterocycles. The van der Waals surface area contributed by atoms with E-state index >= 15 is 0 Å². The van der Waals surface area contributed by atoms with Crippen LogP contribution in [0.4, 0.5) is 46.5 Å². The van der Waals surface area contributed by atoms with Gasteiger partial charge in [-0.25, -0.2) is 69.8 Å². The van der Waals surface area contributed by atoms with E-state index in [0.717, 1.165) is 30.4 Å². The van der Waals surface area contributed by atoms with E-state index in [2.05, 4.69) is 49.8 Å². The Balaban J connectivity index is 1.07. The van der Waals surface area contributed by atoms with Gasteiger partial charge in [0.25, 0.3) is 0 Å². The second kappa shape index (κ2) is 18.1. The third-order valence-electron chi connectivity index (χ3n) is 11.5. The van der Waals surface area contributed by atoms with Gasteiger partial charge in [0.1, 0.15) is 69.1 Å². The van der Waals surface area contributed by atoms with Gasteiger partial charge in [0.15, 0.2) is 43.9 Å². The van der Waals surface area contributed by atoms with E-state index in [9.17, 15) is 0 Å². The van der Waals surface area contributed by atoms with Gasteiger partial charge in [0, 0.05) is 87.6 Å². The zero-order valence-corrected chi connectivity index (χ0v) is 42.0. The smallest absolute Gasteiger partial charge is 0.196 e. The predicted octanol–water partition coefficient (Wildman–Crippen LogP) is 7.29. The Morgan fingerprint density at radius 1 is 0.250 bits per heavy atom. The molecule has 0 saturated carbocycles. The molecule has 11 aromatic rings. The number of benzene rings is 4. The van der Waals surface area contributed by atoms with Crippen molar-refractivity contribution in [2.24, 2.45) is 0 Å². The highest BCUT2D eigenvalue weighted by Crippen LogP contribution is 2.42. The molecular formula is C48H34N24S4. The SMILES string of the molecule is Nc1cc(N)nc(Sc2ccc3c(c2)-c2nc-3nc3[nH]c(nc4nc(nc5[nH]c(n2)c2ccc(Sc6nc(N)cc(N)n6)cc52)-c2ccc(Sc5nc(N)cc(N)n5)cc2-4)c2ccc(Sc4nc(N)cc(N)n4)cc32)n1. The van der Waals surface area contributed by atoms with Gasteiger partial charge in [-0.05, 0) is 120 Å². The van der Waals surface area contributed by atoms with Crippen molar-refractivity contribution in [3.63, 3.8) is 0 Å². The van der Waals surface area contributed by atoms with Gasteiger partial charge in [0.2, 0.25) is 0 Å². The lowest BCUT2D eigenvalue weighted by atomic mass is 10.1. The molecule has 13 rings (SSSR count). The van der Waals surface area contributed by atoms with E-state index in [4.69, 9.17) is 75.8 Å². The highest BCUT2D eigenvalue weighted by atomic mass is 32.2. The number of hydrogen-bond donors (Lipinski definition) is 10. The molecule has 4 aromatic carbocycles. The first-order valence-corrected chi connectivity index (χ1v) is 25.7. The molecule has 18 N–H and O–H groups in total. The summed E-state index contributed by atoms with van der Waals surface area (Å²) in [5.74, 6) is 3.40. The van der Waals surface area contributed by atoms with Crippen LogP contribution in [0.2, 0.25) is 0 Å². The summed E-state index contributed by atoms with van der Waals surface area (Å²) in [7, 11) is 0. The van der Waals surface area contributed by atoms with Crippen molar-refractivity contribution < 1.29 is 0 Å². The molecule has 0 aliphatic carbocycles. The van der Waals surface area contributed by atoms with Crippen LogP contribution in [0.5, 0.6) is 0 Å². The zero-order valence-electron chi connectivity index (χ0n) is 38.8. The molecule has 0 saturated heterocycles. The largest absolute Gasteiger partial charge is 0.383 e. The summed E-state index contributed by atoms with van der Waals surface area (Å²) in [6.45, 7) is 0. The van der Waals surface area contributed by atoms with Crippen LogP contribution in [-0.4, -0.2) is 79.7 Å². The Morgan fingerprint density at radius 2 is 0.513 bits per heavy atom. The molecule has 28 heteroatoms. The van der Waals surface area contributed by atoms with Crippen molar-refractivity contribution in [2.45, 2.75) is 40.2 Å². The second-order valence-electron chi connectivity index (χ2n) is 16.8. The Kier molecular flexibility index (Phi) is 11.0. The topological polar surface area (TPSA) is 420 Å². The van der Waals surface area contributed by atoms with Gasteiger partial charge in [-0.15, -0.1) is 0 Å². The van der Waals surface area contributed by atoms with Crippen molar-refractivity contribution in [1.29, 1.82) is 0 Å². The van der Waals surface area contributed by atoms with E-state index in [0.29, 0.717) is 99.5 Å². The molecule has 0 unspecified atom stereocenters. The van der Waals surface area contributed by atoms with Crippen molar-refractivity contribution in [3.8, 4) is 45.6 Å². The van der Waals surface area contributed by atoms with Crippen LogP contribution >= 0.6 is 47.0 Å². The van der Waals surface area contributed by atoms with E-state index < -0.39 is 0 Å². The summed E-state index contributed by atoms with van der Waals surface area (Å²) in [6.07, 6.45) is 0. The predicted molar refractivity (Wildman–Crippen MR) is 296 cm³/mol. The fourth-order valence-electron chi connectivity index (χ4n) is 8.42. The first-order chi connectivity index (χ1) is 36.7. The molecular weight excluding hydrogens is 1040 g/mol. The van der Waals surface area contributed by atoms with Crippen LogP contribution in [0.3, 0.4) is 0 Å². The van der Waals surface area contributed by atoms with Crippen molar-refractivity contribution >= 4 is 138 Å². The monoisotopic (exact) mass is 1070 g/mol. The fraction of sp³-hybridized carbons (Fsp3) is 0. The molecule has 370 valence electrons. The molecule has 76 heavy (non-hydrogen) atoms. The molecule has 0 atom stereocenters. The van der Waals surface area contributed by atoms with Gasteiger partial charge in [-0.3, -0.25) is 0 Å². The average molecular weight is 1080 g/mol. The number of nitrogens with zero attached hydrogens (tertiary/aromatic N) is 14. The highest BCUT2D eigenvalue weighted by Gasteiger charge is 2.25. The Hall–Kier alpha value is -9.64. The van der Waals surface area contributed by atoms with Crippen molar-refractivity contribution in [2.75, 3.05) is 45.9 Å². The minimum absolute atomic E-state index is 0.244. The lowest BCUT2D eigenvalue weighted by Gasteiger charge is -2.05. The maximum absolute atomic E-state index is 6.06. The summed E-state index contributed by atoms with van der Waals surface area (Å²) in [5, 5.41) is 4.33. The highest BCUT2D eigenvalue weighted by molar-refractivity contribution is 7.99. The van der Waals surface area contributed by atoms with E-state index in [1.54, 1.807) is 0 Å². The molecule has 2 aliphatic rings. The first kappa shape index (κ1) is 46.2. The third kappa shape index (κ3) is 8.90. The number of nitrogens with two attached hydrogens (primary N) is 8. The average Bonchev–Trinajstić information content (AvgIpc) is 4.08. The van der Waals surface area contributed by atoms with Crippen molar-refractivity contribution in [3.05, 3.63) is 97.1 Å². The summed E-state index contributed by atoms with van der Waals surface area (Å²) in [5.41, 5.74) is 53.0. The number of hydrogen-bond acceptors (Lipinski definition) is 26. The minimum atomic E-state index is 0.244. The van der Waals surface area contributed by atoms with Crippen LogP contribution in [0.25, 0.3) is 89.7 Å². The number of anilines is 8. The number of nitrogen functional groups attached to an aromatic ring is 8. The van der Waals surface area contributed by atoms with Crippen LogP contribution in [-0.2, 0) is 0 Å². The number of aromatic nitrogens is 16. The molecule has 0 spiro atoms. The van der Waals surface area contributed by atoms with E-state index in [-0.39, 0.29) is 46.5 Å². The Bertz CT molecular complexity index is 4090. The Labute approximate surface area is 443 Å².